The monoisotopic (exact) mass is 386 g/mol. The van der Waals surface area contributed by atoms with Crippen molar-refractivity contribution in [1.29, 1.82) is 0 Å². The fraction of sp³-hybridized carbons (Fsp3) is 0.680. The molecule has 2 aliphatic rings. The highest BCUT2D eigenvalue weighted by molar-refractivity contribution is 5.77. The fourth-order valence-electron chi connectivity index (χ4n) is 5.41. The Morgan fingerprint density at radius 2 is 1.86 bits per heavy atom. The molecule has 0 saturated heterocycles. The number of aliphatic carboxylic acids is 1. The molecule has 3 heteroatoms. The average Bonchev–Trinajstić information content (AvgIpc) is 2.63. The van der Waals surface area contributed by atoms with Gasteiger partial charge in [-0.25, -0.2) is 0 Å². The molecule has 156 valence electrons. The standard InChI is InChI=1S/C25H38O3/c1-18(2)7-6-16-25(24(27)28)22-13-10-19(3)8-5-9-20(4)11-15-23(25)21(17-26)12-14-22/h7,9-10,17,21-23H,5-6,8,11-16H2,1-4H3,(H,27,28)/b19-10+,20-9+/t21-,22+,23+,25+/m1/s1. The highest BCUT2D eigenvalue weighted by Gasteiger charge is 2.55. The third-order valence-corrected chi connectivity index (χ3v) is 7.07. The molecule has 1 fully saturated rings. The largest absolute Gasteiger partial charge is 0.481 e. The van der Waals surface area contributed by atoms with E-state index in [9.17, 15) is 14.7 Å². The molecule has 0 amide bonds. The Morgan fingerprint density at radius 1 is 1.14 bits per heavy atom. The number of carboxylic acids is 1. The van der Waals surface area contributed by atoms with E-state index in [4.69, 9.17) is 0 Å². The predicted octanol–water partition coefficient (Wildman–Crippen LogP) is 6.50. The van der Waals surface area contributed by atoms with Crippen LogP contribution in [-0.4, -0.2) is 17.4 Å². The third-order valence-electron chi connectivity index (χ3n) is 7.07. The van der Waals surface area contributed by atoms with Crippen molar-refractivity contribution in [3.63, 3.8) is 0 Å². The summed E-state index contributed by atoms with van der Waals surface area (Å²) in [6.07, 6.45) is 15.4. The molecule has 0 unspecified atom stereocenters. The number of rotatable bonds is 5. The predicted molar refractivity (Wildman–Crippen MR) is 115 cm³/mol. The highest BCUT2D eigenvalue weighted by atomic mass is 16.4. The van der Waals surface area contributed by atoms with Gasteiger partial charge < -0.3 is 9.90 Å². The zero-order valence-electron chi connectivity index (χ0n) is 18.2. The highest BCUT2D eigenvalue weighted by Crippen LogP contribution is 2.54. The van der Waals surface area contributed by atoms with Crippen molar-refractivity contribution in [1.82, 2.24) is 0 Å². The Labute approximate surface area is 171 Å². The van der Waals surface area contributed by atoms with E-state index in [0.29, 0.717) is 6.42 Å². The van der Waals surface area contributed by atoms with Crippen molar-refractivity contribution >= 4 is 12.3 Å². The van der Waals surface area contributed by atoms with Gasteiger partial charge in [0.1, 0.15) is 6.29 Å². The van der Waals surface area contributed by atoms with Crippen LogP contribution in [0.25, 0.3) is 0 Å². The first-order chi connectivity index (χ1) is 13.3. The second-order valence-corrected chi connectivity index (χ2v) is 9.26. The Hall–Kier alpha value is -1.64. The molecular weight excluding hydrogens is 348 g/mol. The lowest BCUT2D eigenvalue weighted by atomic mass is 9.53. The Balaban J connectivity index is 2.51. The first-order valence-electron chi connectivity index (χ1n) is 10.9. The van der Waals surface area contributed by atoms with Gasteiger partial charge in [-0.15, -0.1) is 0 Å². The lowest BCUT2D eigenvalue weighted by Crippen LogP contribution is -2.51. The van der Waals surface area contributed by atoms with Gasteiger partial charge in [-0.2, -0.15) is 0 Å². The zero-order valence-corrected chi connectivity index (χ0v) is 18.2. The molecule has 2 bridgehead atoms. The number of allylic oxidation sites excluding steroid dienone is 6. The number of carboxylic acid groups (broad SMARTS) is 1. The van der Waals surface area contributed by atoms with Crippen LogP contribution in [0, 0.1) is 23.2 Å². The maximum absolute atomic E-state index is 12.8. The van der Waals surface area contributed by atoms with Crippen LogP contribution in [0.1, 0.15) is 85.5 Å². The van der Waals surface area contributed by atoms with Crippen molar-refractivity contribution in [3.8, 4) is 0 Å². The molecule has 28 heavy (non-hydrogen) atoms. The normalized spacial score (nSPS) is 35.2. The lowest BCUT2D eigenvalue weighted by molar-refractivity contribution is -0.165. The minimum absolute atomic E-state index is 0.0803. The van der Waals surface area contributed by atoms with E-state index >= 15 is 0 Å². The van der Waals surface area contributed by atoms with E-state index in [2.05, 4.69) is 45.9 Å². The van der Waals surface area contributed by atoms with Crippen molar-refractivity contribution in [2.75, 3.05) is 0 Å². The average molecular weight is 387 g/mol. The smallest absolute Gasteiger partial charge is 0.310 e. The topological polar surface area (TPSA) is 54.4 Å². The molecule has 2 rings (SSSR count). The number of carbonyl (C=O) groups excluding carboxylic acids is 1. The summed E-state index contributed by atoms with van der Waals surface area (Å²) in [6.45, 7) is 8.43. The van der Waals surface area contributed by atoms with Crippen molar-refractivity contribution in [2.45, 2.75) is 85.5 Å². The van der Waals surface area contributed by atoms with Crippen LogP contribution in [0.3, 0.4) is 0 Å². The summed E-state index contributed by atoms with van der Waals surface area (Å²) in [5.74, 6) is -0.806. The van der Waals surface area contributed by atoms with Crippen LogP contribution in [0.2, 0.25) is 0 Å². The van der Waals surface area contributed by atoms with Crippen LogP contribution in [0.4, 0.5) is 0 Å². The van der Waals surface area contributed by atoms with E-state index in [1.165, 1.54) is 16.7 Å². The molecule has 0 aromatic heterocycles. The van der Waals surface area contributed by atoms with Gasteiger partial charge in [-0.05, 0) is 97.3 Å². The summed E-state index contributed by atoms with van der Waals surface area (Å²) >= 11 is 0. The van der Waals surface area contributed by atoms with Crippen LogP contribution < -0.4 is 0 Å². The Morgan fingerprint density at radius 3 is 2.50 bits per heavy atom. The van der Waals surface area contributed by atoms with Gasteiger partial charge in [-0.3, -0.25) is 4.79 Å². The quantitative estimate of drug-likeness (QED) is 0.433. The van der Waals surface area contributed by atoms with Gasteiger partial charge in [0.2, 0.25) is 0 Å². The Bertz CT molecular complexity index is 651. The summed E-state index contributed by atoms with van der Waals surface area (Å²) in [7, 11) is 0. The minimum Gasteiger partial charge on any atom is -0.481 e. The SMILES string of the molecule is CC(C)=CCC[C@]1(C(=O)O)[C@H]2C/C=C(\C)CC/C=C(\C)CC[C@H]1[C@@H](C=O)CC2. The molecule has 2 aliphatic carbocycles. The lowest BCUT2D eigenvalue weighted by Gasteiger charge is -2.49. The van der Waals surface area contributed by atoms with Gasteiger partial charge in [0.05, 0.1) is 5.41 Å². The first kappa shape index (κ1) is 22.6. The van der Waals surface area contributed by atoms with E-state index in [1.54, 1.807) is 0 Å². The molecule has 4 atom stereocenters. The number of hydrogen-bond donors (Lipinski definition) is 1. The molecule has 0 heterocycles. The van der Waals surface area contributed by atoms with Crippen molar-refractivity contribution in [3.05, 3.63) is 34.9 Å². The van der Waals surface area contributed by atoms with Gasteiger partial charge >= 0.3 is 5.97 Å². The van der Waals surface area contributed by atoms with E-state index in [-0.39, 0.29) is 17.8 Å². The maximum Gasteiger partial charge on any atom is 0.310 e. The summed E-state index contributed by atoms with van der Waals surface area (Å²) in [5, 5.41) is 10.5. The van der Waals surface area contributed by atoms with E-state index in [1.807, 2.05) is 0 Å². The van der Waals surface area contributed by atoms with Gasteiger partial charge in [0.15, 0.2) is 0 Å². The molecule has 0 aromatic carbocycles. The van der Waals surface area contributed by atoms with Crippen LogP contribution in [-0.2, 0) is 9.59 Å². The summed E-state index contributed by atoms with van der Waals surface area (Å²) in [6, 6.07) is 0. The van der Waals surface area contributed by atoms with Crippen molar-refractivity contribution < 1.29 is 14.7 Å². The Kier molecular flexibility index (Phi) is 8.27. The van der Waals surface area contributed by atoms with Crippen LogP contribution in [0.5, 0.6) is 0 Å². The summed E-state index contributed by atoms with van der Waals surface area (Å²) in [5.41, 5.74) is 3.08. The van der Waals surface area contributed by atoms with E-state index in [0.717, 1.165) is 57.7 Å². The fourth-order valence-corrected chi connectivity index (χ4v) is 5.41. The molecule has 0 aliphatic heterocycles. The second-order valence-electron chi connectivity index (χ2n) is 9.26. The first-order valence-corrected chi connectivity index (χ1v) is 10.9. The van der Waals surface area contributed by atoms with Gasteiger partial charge in [0.25, 0.3) is 0 Å². The molecule has 0 radical (unpaired) electrons. The van der Waals surface area contributed by atoms with Crippen LogP contribution >= 0.6 is 0 Å². The number of fused-ring (bicyclic) bond motifs is 2. The molecule has 1 saturated carbocycles. The third kappa shape index (κ3) is 5.24. The second kappa shape index (κ2) is 10.2. The zero-order chi connectivity index (χ0) is 20.7. The summed E-state index contributed by atoms with van der Waals surface area (Å²) in [4.78, 5) is 24.8. The number of carbonyl (C=O) groups is 2. The van der Waals surface area contributed by atoms with Crippen LogP contribution in [0.15, 0.2) is 34.9 Å². The molecule has 0 spiro atoms. The molecule has 0 aromatic rings. The minimum atomic E-state index is -0.813. The molecular formula is C25H38O3. The van der Waals surface area contributed by atoms with E-state index < -0.39 is 11.4 Å². The molecule has 1 N–H and O–H groups in total. The number of aldehydes is 1. The summed E-state index contributed by atoms with van der Waals surface area (Å²) < 4.78 is 0. The number of hydrogen-bond acceptors (Lipinski definition) is 2. The van der Waals surface area contributed by atoms with Crippen molar-refractivity contribution in [2.24, 2.45) is 23.2 Å². The molecule has 3 nitrogen and oxygen atoms in total. The maximum atomic E-state index is 12.8. The van der Waals surface area contributed by atoms with Gasteiger partial charge in [0, 0.05) is 5.92 Å². The van der Waals surface area contributed by atoms with Gasteiger partial charge in [-0.1, -0.05) is 34.9 Å².